The lowest BCUT2D eigenvalue weighted by atomic mass is 9.79. The standard InChI is InChI=1S/C9H14BNO4S/c1-6(2)8-5-7(10(12)13)3-4-9(8)16(11,14)15/h3-6,12-13H,1-2H3,(H2,11,14,15). The Labute approximate surface area is 95.1 Å². The first kappa shape index (κ1) is 13.2. The minimum atomic E-state index is -3.78. The van der Waals surface area contributed by atoms with Gasteiger partial charge >= 0.3 is 7.12 Å². The first-order chi connectivity index (χ1) is 7.23. The predicted molar refractivity (Wildman–Crippen MR) is 61.7 cm³/mol. The van der Waals surface area contributed by atoms with E-state index in [1.165, 1.54) is 18.2 Å². The molecule has 0 aliphatic carbocycles. The smallest absolute Gasteiger partial charge is 0.423 e. The summed E-state index contributed by atoms with van der Waals surface area (Å²) in [5, 5.41) is 23.1. The van der Waals surface area contributed by atoms with E-state index in [4.69, 9.17) is 15.2 Å². The Balaban J connectivity index is 3.43. The van der Waals surface area contributed by atoms with Crippen LogP contribution in [-0.4, -0.2) is 25.6 Å². The van der Waals surface area contributed by atoms with Crippen LogP contribution in [0, 0.1) is 0 Å². The van der Waals surface area contributed by atoms with Gasteiger partial charge in [0.1, 0.15) is 0 Å². The summed E-state index contributed by atoms with van der Waals surface area (Å²) in [6.45, 7) is 3.61. The largest absolute Gasteiger partial charge is 0.488 e. The first-order valence-corrected chi connectivity index (χ1v) is 6.31. The highest BCUT2D eigenvalue weighted by Gasteiger charge is 2.19. The highest BCUT2D eigenvalue weighted by molar-refractivity contribution is 7.89. The van der Waals surface area contributed by atoms with Crippen molar-refractivity contribution in [2.45, 2.75) is 24.7 Å². The molecular weight excluding hydrogens is 229 g/mol. The summed E-state index contributed by atoms with van der Waals surface area (Å²) >= 11 is 0. The fourth-order valence-electron chi connectivity index (χ4n) is 1.44. The maximum absolute atomic E-state index is 11.3. The monoisotopic (exact) mass is 243 g/mol. The Morgan fingerprint density at radius 1 is 1.31 bits per heavy atom. The van der Waals surface area contributed by atoms with Gasteiger partial charge in [-0.3, -0.25) is 0 Å². The Morgan fingerprint density at radius 2 is 1.88 bits per heavy atom. The van der Waals surface area contributed by atoms with E-state index in [-0.39, 0.29) is 16.3 Å². The number of sulfonamides is 1. The third-order valence-electron chi connectivity index (χ3n) is 2.26. The van der Waals surface area contributed by atoms with Crippen molar-refractivity contribution in [2.24, 2.45) is 5.14 Å². The molecule has 0 bridgehead atoms. The molecule has 5 nitrogen and oxygen atoms in total. The van der Waals surface area contributed by atoms with Crippen molar-refractivity contribution in [3.63, 3.8) is 0 Å². The van der Waals surface area contributed by atoms with Gasteiger partial charge in [0.25, 0.3) is 0 Å². The molecule has 1 aromatic rings. The summed E-state index contributed by atoms with van der Waals surface area (Å²) in [5.41, 5.74) is 0.726. The second-order valence-electron chi connectivity index (χ2n) is 3.87. The Hall–Kier alpha value is -0.885. The van der Waals surface area contributed by atoms with Gasteiger partial charge in [0, 0.05) is 0 Å². The highest BCUT2D eigenvalue weighted by atomic mass is 32.2. The lowest BCUT2D eigenvalue weighted by Gasteiger charge is -2.12. The number of nitrogens with two attached hydrogens (primary N) is 1. The maximum Gasteiger partial charge on any atom is 0.488 e. The number of rotatable bonds is 3. The molecule has 0 aliphatic heterocycles. The Kier molecular flexibility index (Phi) is 3.74. The van der Waals surface area contributed by atoms with Crippen molar-refractivity contribution >= 4 is 22.6 Å². The van der Waals surface area contributed by atoms with E-state index in [0.717, 1.165) is 0 Å². The molecule has 0 aliphatic rings. The van der Waals surface area contributed by atoms with Crippen LogP contribution in [0.25, 0.3) is 0 Å². The second-order valence-corrected chi connectivity index (χ2v) is 5.40. The van der Waals surface area contributed by atoms with Crippen LogP contribution >= 0.6 is 0 Å². The van der Waals surface area contributed by atoms with Gasteiger partial charge in [-0.25, -0.2) is 13.6 Å². The SMILES string of the molecule is CC(C)c1cc(B(O)O)ccc1S(N)(=O)=O. The van der Waals surface area contributed by atoms with Crippen molar-refractivity contribution < 1.29 is 18.5 Å². The van der Waals surface area contributed by atoms with Gasteiger partial charge in [-0.2, -0.15) is 0 Å². The van der Waals surface area contributed by atoms with Crippen LogP contribution in [0.5, 0.6) is 0 Å². The van der Waals surface area contributed by atoms with E-state index in [2.05, 4.69) is 0 Å². The van der Waals surface area contributed by atoms with Gasteiger partial charge in [-0.05, 0) is 23.0 Å². The molecule has 0 amide bonds. The van der Waals surface area contributed by atoms with Crippen molar-refractivity contribution in [1.29, 1.82) is 0 Å². The summed E-state index contributed by atoms with van der Waals surface area (Å²) in [5.74, 6) is -0.0768. The molecule has 0 fully saturated rings. The number of hydrogen-bond acceptors (Lipinski definition) is 4. The molecule has 7 heteroatoms. The molecule has 16 heavy (non-hydrogen) atoms. The average Bonchev–Trinajstić information content (AvgIpc) is 2.15. The van der Waals surface area contributed by atoms with Crippen LogP contribution in [0.1, 0.15) is 25.3 Å². The molecular formula is C9H14BNO4S. The van der Waals surface area contributed by atoms with Gasteiger partial charge in [0.15, 0.2) is 0 Å². The first-order valence-electron chi connectivity index (χ1n) is 4.76. The lowest BCUT2D eigenvalue weighted by molar-refractivity contribution is 0.425. The molecule has 0 spiro atoms. The lowest BCUT2D eigenvalue weighted by Crippen LogP contribution is -2.31. The third-order valence-corrected chi connectivity index (χ3v) is 3.25. The zero-order chi connectivity index (χ0) is 12.5. The van der Waals surface area contributed by atoms with Crippen molar-refractivity contribution in [2.75, 3.05) is 0 Å². The van der Waals surface area contributed by atoms with Crippen LogP contribution in [-0.2, 0) is 10.0 Å². The number of primary sulfonamides is 1. The fourth-order valence-corrected chi connectivity index (χ4v) is 2.32. The minimum Gasteiger partial charge on any atom is -0.423 e. The zero-order valence-corrected chi connectivity index (χ0v) is 9.90. The molecule has 88 valence electrons. The summed E-state index contributed by atoms with van der Waals surface area (Å²) < 4.78 is 22.6. The molecule has 1 aromatic carbocycles. The van der Waals surface area contributed by atoms with E-state index in [9.17, 15) is 8.42 Å². The molecule has 0 radical (unpaired) electrons. The predicted octanol–water partition coefficient (Wildman–Crippen LogP) is -0.863. The van der Waals surface area contributed by atoms with Gasteiger partial charge in [-0.1, -0.05) is 26.0 Å². The summed E-state index contributed by atoms with van der Waals surface area (Å²) in [7, 11) is -5.40. The fraction of sp³-hybridized carbons (Fsp3) is 0.333. The van der Waals surface area contributed by atoms with Crippen molar-refractivity contribution in [1.82, 2.24) is 0 Å². The van der Waals surface area contributed by atoms with E-state index >= 15 is 0 Å². The summed E-state index contributed by atoms with van der Waals surface area (Å²) in [4.78, 5) is 0.0203. The van der Waals surface area contributed by atoms with Gasteiger partial charge in [0.05, 0.1) is 4.90 Å². The quantitative estimate of drug-likeness (QED) is 0.601. The average molecular weight is 243 g/mol. The zero-order valence-electron chi connectivity index (χ0n) is 9.08. The van der Waals surface area contributed by atoms with Gasteiger partial charge in [0.2, 0.25) is 10.0 Å². The molecule has 4 N–H and O–H groups in total. The normalized spacial score (nSPS) is 11.9. The third kappa shape index (κ3) is 2.82. The molecule has 0 unspecified atom stereocenters. The van der Waals surface area contributed by atoms with Gasteiger partial charge in [-0.15, -0.1) is 0 Å². The molecule has 0 saturated carbocycles. The maximum atomic E-state index is 11.3. The van der Waals surface area contributed by atoms with E-state index in [1.807, 2.05) is 0 Å². The van der Waals surface area contributed by atoms with Crippen LogP contribution in [0.4, 0.5) is 0 Å². The number of benzene rings is 1. The summed E-state index contributed by atoms with van der Waals surface area (Å²) in [6, 6.07) is 4.06. The second kappa shape index (κ2) is 4.54. The van der Waals surface area contributed by atoms with Gasteiger partial charge < -0.3 is 10.0 Å². The Morgan fingerprint density at radius 3 is 2.25 bits per heavy atom. The molecule has 1 rings (SSSR count). The van der Waals surface area contributed by atoms with Crippen LogP contribution in [0.3, 0.4) is 0 Å². The molecule has 0 atom stereocenters. The van der Waals surface area contributed by atoms with Crippen LogP contribution in [0.15, 0.2) is 23.1 Å². The van der Waals surface area contributed by atoms with Crippen molar-refractivity contribution in [3.05, 3.63) is 23.8 Å². The number of hydrogen-bond donors (Lipinski definition) is 3. The summed E-state index contributed by atoms with van der Waals surface area (Å²) in [6.07, 6.45) is 0. The minimum absolute atomic E-state index is 0.0203. The van der Waals surface area contributed by atoms with Crippen LogP contribution < -0.4 is 10.6 Å². The highest BCUT2D eigenvalue weighted by Crippen LogP contribution is 2.21. The molecule has 0 heterocycles. The topological polar surface area (TPSA) is 101 Å². The molecule has 0 aromatic heterocycles. The van der Waals surface area contributed by atoms with E-state index < -0.39 is 17.1 Å². The Bertz CT molecular complexity index is 484. The van der Waals surface area contributed by atoms with E-state index in [1.54, 1.807) is 13.8 Å². The van der Waals surface area contributed by atoms with Crippen LogP contribution in [0.2, 0.25) is 0 Å². The molecule has 0 saturated heterocycles. The van der Waals surface area contributed by atoms with E-state index in [0.29, 0.717) is 5.56 Å². The van der Waals surface area contributed by atoms with Crippen molar-refractivity contribution in [3.8, 4) is 0 Å².